The molecule has 2 atom stereocenters. The van der Waals surface area contributed by atoms with Gasteiger partial charge in [0.1, 0.15) is 0 Å². The van der Waals surface area contributed by atoms with Gasteiger partial charge in [0.05, 0.1) is 17.5 Å². The molecule has 0 aliphatic carbocycles. The Balaban J connectivity index is 1.67. The quantitative estimate of drug-likeness (QED) is 0.648. The SMILES string of the molecule is Cc1cc(N2C[C@@H](C)O[C@@H](C)C2)cc(C)c1NCc1ccc(NS(=O)(=O)C(C)C)cc1. The van der Waals surface area contributed by atoms with Crippen LogP contribution in [-0.4, -0.2) is 39.0 Å². The maximum absolute atomic E-state index is 12.0. The van der Waals surface area contributed by atoms with Crippen molar-refractivity contribution in [2.75, 3.05) is 28.0 Å². The minimum absolute atomic E-state index is 0.232. The van der Waals surface area contributed by atoms with Crippen molar-refractivity contribution in [2.45, 2.75) is 65.5 Å². The first-order valence-corrected chi connectivity index (χ1v) is 12.5. The molecule has 0 spiro atoms. The lowest BCUT2D eigenvalue weighted by molar-refractivity contribution is -0.00522. The number of ether oxygens (including phenoxy) is 1. The zero-order valence-electron chi connectivity index (χ0n) is 19.4. The molecule has 2 aromatic carbocycles. The molecular weight excluding hydrogens is 410 g/mol. The minimum Gasteiger partial charge on any atom is -0.381 e. The standard InChI is InChI=1S/C24H35N3O3S/c1-16(2)31(28,29)26-22-9-7-21(8-10-22)13-25-24-17(3)11-23(12-18(24)4)27-14-19(5)30-20(6)15-27/h7-12,16,19-20,25-26H,13-15H2,1-6H3/t19-,20+. The Hall–Kier alpha value is -2.25. The van der Waals surface area contributed by atoms with E-state index in [1.807, 2.05) is 12.1 Å². The van der Waals surface area contributed by atoms with E-state index in [9.17, 15) is 8.42 Å². The van der Waals surface area contributed by atoms with Gasteiger partial charge in [0.15, 0.2) is 0 Å². The Morgan fingerprint density at radius 1 is 1.03 bits per heavy atom. The molecule has 0 amide bonds. The molecule has 0 saturated carbocycles. The van der Waals surface area contributed by atoms with Gasteiger partial charge in [-0.25, -0.2) is 8.42 Å². The summed E-state index contributed by atoms with van der Waals surface area (Å²) < 4.78 is 32.5. The molecule has 1 aliphatic heterocycles. The van der Waals surface area contributed by atoms with Gasteiger partial charge < -0.3 is 15.0 Å². The maximum Gasteiger partial charge on any atom is 0.235 e. The fourth-order valence-electron chi connectivity index (χ4n) is 3.95. The van der Waals surface area contributed by atoms with Gasteiger partial charge in [0.2, 0.25) is 10.0 Å². The van der Waals surface area contributed by atoms with E-state index < -0.39 is 15.3 Å². The number of benzene rings is 2. The monoisotopic (exact) mass is 445 g/mol. The Morgan fingerprint density at radius 3 is 2.10 bits per heavy atom. The molecule has 1 aliphatic rings. The highest BCUT2D eigenvalue weighted by Crippen LogP contribution is 2.29. The van der Waals surface area contributed by atoms with Crippen molar-refractivity contribution in [1.29, 1.82) is 0 Å². The lowest BCUT2D eigenvalue weighted by Crippen LogP contribution is -2.45. The van der Waals surface area contributed by atoms with Crippen LogP contribution in [0.25, 0.3) is 0 Å². The fourth-order valence-corrected chi connectivity index (χ4v) is 4.65. The predicted molar refractivity (Wildman–Crippen MR) is 130 cm³/mol. The van der Waals surface area contributed by atoms with E-state index in [-0.39, 0.29) is 12.2 Å². The van der Waals surface area contributed by atoms with Crippen LogP contribution in [0.4, 0.5) is 17.1 Å². The lowest BCUT2D eigenvalue weighted by Gasteiger charge is -2.37. The summed E-state index contributed by atoms with van der Waals surface area (Å²) in [6.07, 6.45) is 0.463. The summed E-state index contributed by atoms with van der Waals surface area (Å²) in [7, 11) is -3.33. The third kappa shape index (κ3) is 5.92. The van der Waals surface area contributed by atoms with Gasteiger partial charge in [-0.15, -0.1) is 0 Å². The molecule has 170 valence electrons. The van der Waals surface area contributed by atoms with E-state index in [0.29, 0.717) is 12.2 Å². The number of nitrogens with zero attached hydrogens (tertiary/aromatic N) is 1. The third-order valence-corrected chi connectivity index (χ3v) is 7.37. The van der Waals surface area contributed by atoms with Crippen molar-refractivity contribution in [3.05, 3.63) is 53.1 Å². The van der Waals surface area contributed by atoms with Crippen LogP contribution < -0.4 is 14.9 Å². The summed E-state index contributed by atoms with van der Waals surface area (Å²) in [6.45, 7) is 14.3. The van der Waals surface area contributed by atoms with Crippen molar-refractivity contribution < 1.29 is 13.2 Å². The largest absolute Gasteiger partial charge is 0.381 e. The highest BCUT2D eigenvalue weighted by molar-refractivity contribution is 7.93. The molecule has 31 heavy (non-hydrogen) atoms. The number of sulfonamides is 1. The highest BCUT2D eigenvalue weighted by atomic mass is 32.2. The summed E-state index contributed by atoms with van der Waals surface area (Å²) >= 11 is 0. The van der Waals surface area contributed by atoms with Crippen LogP contribution in [0.1, 0.15) is 44.4 Å². The van der Waals surface area contributed by atoms with E-state index in [1.54, 1.807) is 26.0 Å². The van der Waals surface area contributed by atoms with Gasteiger partial charge >= 0.3 is 0 Å². The summed E-state index contributed by atoms with van der Waals surface area (Å²) in [5, 5.41) is 3.08. The van der Waals surface area contributed by atoms with E-state index in [1.165, 1.54) is 16.8 Å². The molecule has 0 radical (unpaired) electrons. The van der Waals surface area contributed by atoms with Gasteiger partial charge in [0.25, 0.3) is 0 Å². The smallest absolute Gasteiger partial charge is 0.235 e. The number of hydrogen-bond donors (Lipinski definition) is 2. The summed E-state index contributed by atoms with van der Waals surface area (Å²) in [4.78, 5) is 2.40. The highest BCUT2D eigenvalue weighted by Gasteiger charge is 2.23. The molecule has 0 unspecified atom stereocenters. The molecule has 7 heteroatoms. The lowest BCUT2D eigenvalue weighted by atomic mass is 10.1. The van der Waals surface area contributed by atoms with Gasteiger partial charge in [-0.2, -0.15) is 0 Å². The van der Waals surface area contributed by atoms with Gasteiger partial charge in [-0.05, 0) is 82.5 Å². The average Bonchev–Trinajstić information content (AvgIpc) is 2.67. The van der Waals surface area contributed by atoms with E-state index in [4.69, 9.17) is 4.74 Å². The van der Waals surface area contributed by atoms with Gasteiger partial charge in [-0.3, -0.25) is 4.72 Å². The van der Waals surface area contributed by atoms with E-state index in [0.717, 1.165) is 24.3 Å². The summed E-state index contributed by atoms with van der Waals surface area (Å²) in [5.41, 5.74) is 6.48. The molecular formula is C24H35N3O3S. The van der Waals surface area contributed by atoms with Crippen LogP contribution in [0.3, 0.4) is 0 Å². The van der Waals surface area contributed by atoms with Crippen molar-refractivity contribution in [2.24, 2.45) is 0 Å². The van der Waals surface area contributed by atoms with Crippen LogP contribution in [0.5, 0.6) is 0 Å². The number of morpholine rings is 1. The van der Waals surface area contributed by atoms with Crippen LogP contribution >= 0.6 is 0 Å². The second-order valence-electron chi connectivity index (χ2n) is 8.86. The number of rotatable bonds is 7. The van der Waals surface area contributed by atoms with Crippen LogP contribution in [0, 0.1) is 13.8 Å². The van der Waals surface area contributed by atoms with Crippen molar-refractivity contribution >= 4 is 27.1 Å². The number of aryl methyl sites for hydroxylation is 2. The van der Waals surface area contributed by atoms with E-state index in [2.05, 4.69) is 54.8 Å². The topological polar surface area (TPSA) is 70.7 Å². The Kier molecular flexibility index (Phi) is 7.17. The molecule has 0 bridgehead atoms. The molecule has 0 aromatic heterocycles. The average molecular weight is 446 g/mol. The number of hydrogen-bond acceptors (Lipinski definition) is 5. The second-order valence-corrected chi connectivity index (χ2v) is 11.1. The number of anilines is 3. The first-order chi connectivity index (χ1) is 14.5. The molecule has 6 nitrogen and oxygen atoms in total. The van der Waals surface area contributed by atoms with Crippen LogP contribution in [-0.2, 0) is 21.3 Å². The first-order valence-electron chi connectivity index (χ1n) is 10.9. The van der Waals surface area contributed by atoms with Crippen molar-refractivity contribution in [3.63, 3.8) is 0 Å². The van der Waals surface area contributed by atoms with E-state index >= 15 is 0 Å². The molecule has 1 heterocycles. The molecule has 2 aromatic rings. The molecule has 1 saturated heterocycles. The zero-order valence-corrected chi connectivity index (χ0v) is 20.2. The molecule has 2 N–H and O–H groups in total. The van der Waals surface area contributed by atoms with Crippen molar-refractivity contribution in [3.8, 4) is 0 Å². The van der Waals surface area contributed by atoms with Crippen LogP contribution in [0.2, 0.25) is 0 Å². The summed E-state index contributed by atoms with van der Waals surface area (Å²) in [6, 6.07) is 12.0. The Morgan fingerprint density at radius 2 is 1.58 bits per heavy atom. The summed E-state index contributed by atoms with van der Waals surface area (Å²) in [5.74, 6) is 0. The fraction of sp³-hybridized carbons (Fsp3) is 0.500. The van der Waals surface area contributed by atoms with Gasteiger partial charge in [0, 0.05) is 36.7 Å². The predicted octanol–water partition coefficient (Wildman–Crippen LogP) is 4.68. The zero-order chi connectivity index (χ0) is 22.8. The van der Waals surface area contributed by atoms with Gasteiger partial charge in [-0.1, -0.05) is 12.1 Å². The molecule has 1 fully saturated rings. The number of nitrogens with one attached hydrogen (secondary N) is 2. The minimum atomic E-state index is -3.33. The molecule has 3 rings (SSSR count). The first kappa shape index (κ1) is 23.4. The van der Waals surface area contributed by atoms with Crippen molar-refractivity contribution in [1.82, 2.24) is 0 Å². The maximum atomic E-state index is 12.0. The Bertz CT molecular complexity index is 970. The second kappa shape index (κ2) is 9.49. The van der Waals surface area contributed by atoms with Crippen LogP contribution in [0.15, 0.2) is 36.4 Å². The normalized spacial score (nSPS) is 19.5. The third-order valence-electron chi connectivity index (χ3n) is 5.61. The Labute approximate surface area is 187 Å².